The maximum Gasteiger partial charge on any atom is 0.256 e. The average Bonchev–Trinajstić information content (AvgIpc) is 3.71. The number of ether oxygens (including phenoxy) is 1. The summed E-state index contributed by atoms with van der Waals surface area (Å²) in [5.41, 5.74) is 20.1. The lowest BCUT2D eigenvalue weighted by molar-refractivity contribution is 0.488. The fraction of sp³-hybridized carbons (Fsp3) is 0.134. The zero-order chi connectivity index (χ0) is 49.0. The van der Waals surface area contributed by atoms with E-state index < -0.39 is 0 Å². The summed E-state index contributed by atoms with van der Waals surface area (Å²) in [4.78, 5) is 4.87. The maximum atomic E-state index is 7.24. The Hall–Kier alpha value is -8.28. The van der Waals surface area contributed by atoms with Gasteiger partial charge in [-0.3, -0.25) is 0 Å². The summed E-state index contributed by atoms with van der Waals surface area (Å²) < 4.78 is 9.73. The van der Waals surface area contributed by atoms with E-state index in [9.17, 15) is 0 Å². The fourth-order valence-corrected chi connectivity index (χ4v) is 11.5. The van der Waals surface area contributed by atoms with Crippen LogP contribution >= 0.6 is 0 Å². The molecule has 10 aromatic carbocycles. The molecule has 0 amide bonds. The van der Waals surface area contributed by atoms with Crippen molar-refractivity contribution in [2.45, 2.75) is 59.3 Å². The predicted octanol–water partition coefficient (Wildman–Crippen LogP) is 16.4. The summed E-state index contributed by atoms with van der Waals surface area (Å²) in [6.45, 7) is 16.0. The van der Waals surface area contributed by atoms with E-state index in [2.05, 4.69) is 275 Å². The molecule has 2 aliphatic rings. The van der Waals surface area contributed by atoms with Gasteiger partial charge in [0.2, 0.25) is 0 Å². The summed E-state index contributed by atoms with van der Waals surface area (Å²) >= 11 is 0. The minimum Gasteiger partial charge on any atom is -0.458 e. The van der Waals surface area contributed by atoms with Crippen LogP contribution in [0.4, 0.5) is 34.1 Å². The first kappa shape index (κ1) is 43.7. The number of hydrogen-bond donors (Lipinski definition) is 0. The van der Waals surface area contributed by atoms with Crippen molar-refractivity contribution in [2.75, 3.05) is 9.80 Å². The van der Waals surface area contributed by atoms with E-state index in [-0.39, 0.29) is 17.5 Å². The molecule has 348 valence electrons. The molecular weight excluding hydrogens is 874 g/mol. The predicted molar refractivity (Wildman–Crippen MR) is 306 cm³/mol. The van der Waals surface area contributed by atoms with E-state index >= 15 is 0 Å². The Morgan fingerprint density at radius 2 is 1.11 bits per heavy atom. The number of para-hydroxylation sites is 3. The summed E-state index contributed by atoms with van der Waals surface area (Å²) in [6.07, 6.45) is 0. The Morgan fingerprint density at radius 3 is 1.81 bits per heavy atom. The van der Waals surface area contributed by atoms with E-state index in [0.29, 0.717) is 0 Å². The van der Waals surface area contributed by atoms with Crippen molar-refractivity contribution in [2.24, 2.45) is 0 Å². The van der Waals surface area contributed by atoms with Gasteiger partial charge in [-0.2, -0.15) is 0 Å². The highest BCUT2D eigenvalue weighted by molar-refractivity contribution is 6.99. The number of aromatic nitrogens is 1. The third-order valence-electron chi connectivity index (χ3n) is 15.2. The zero-order valence-electron chi connectivity index (χ0n) is 42.0. The van der Waals surface area contributed by atoms with E-state index in [4.69, 9.17) is 4.74 Å². The van der Waals surface area contributed by atoms with Gasteiger partial charge in [0.15, 0.2) is 0 Å². The summed E-state index contributed by atoms with van der Waals surface area (Å²) in [5.74, 6) is 1.80. The van der Waals surface area contributed by atoms with Gasteiger partial charge in [-0.25, -0.2) is 0 Å². The average molecular weight is 930 g/mol. The van der Waals surface area contributed by atoms with Gasteiger partial charge in [-0.1, -0.05) is 168 Å². The molecule has 0 radical (unpaired) electrons. The first-order valence-electron chi connectivity index (χ1n) is 25.4. The van der Waals surface area contributed by atoms with Crippen LogP contribution in [-0.2, 0) is 10.8 Å². The number of anilines is 6. The molecular formula is C67H56BN3O. The lowest BCUT2D eigenvalue weighted by Gasteiger charge is -2.41. The largest absolute Gasteiger partial charge is 0.458 e. The Balaban J connectivity index is 1.05. The smallest absolute Gasteiger partial charge is 0.256 e. The molecule has 3 heterocycles. The number of benzene rings is 10. The third-order valence-corrected chi connectivity index (χ3v) is 15.2. The van der Waals surface area contributed by atoms with Crippen LogP contribution in [0.2, 0.25) is 0 Å². The minimum atomic E-state index is -0.0789. The number of fused-ring (bicyclic) bond motifs is 9. The molecule has 0 saturated heterocycles. The van der Waals surface area contributed by atoms with Gasteiger partial charge >= 0.3 is 0 Å². The number of rotatable bonds is 6. The summed E-state index contributed by atoms with van der Waals surface area (Å²) in [5, 5.41) is 4.72. The van der Waals surface area contributed by atoms with Crippen LogP contribution in [0.25, 0.3) is 49.4 Å². The minimum absolute atomic E-state index is 0.0273. The highest BCUT2D eigenvalue weighted by atomic mass is 16.5. The molecule has 0 atom stereocenters. The Labute approximate surface area is 423 Å². The first-order valence-corrected chi connectivity index (χ1v) is 25.4. The van der Waals surface area contributed by atoms with E-state index in [0.717, 1.165) is 56.5 Å². The SMILES string of the molecule is Cc1ccc(-c2cc(C(C)(C)C)ccc2N2c3cc(C(C)(C)C)ccc3B3c4cc5c(cc4Oc4cccc2c43)c2ccc3cc(N(c4ccccc4)c4ccccc4)ccc3c2n5-c2ccccc2)cc1. The molecule has 1 aromatic heterocycles. The van der Waals surface area contributed by atoms with Crippen molar-refractivity contribution in [1.82, 2.24) is 4.57 Å². The van der Waals surface area contributed by atoms with Crippen LogP contribution in [0, 0.1) is 6.92 Å². The second kappa shape index (κ2) is 16.4. The molecule has 2 aliphatic heterocycles. The Kier molecular flexibility index (Phi) is 9.96. The van der Waals surface area contributed by atoms with Crippen LogP contribution in [0.3, 0.4) is 0 Å². The normalized spacial score (nSPS) is 13.0. The molecule has 5 heteroatoms. The molecule has 0 aliphatic carbocycles. The number of nitrogens with zero attached hydrogens (tertiary/aromatic N) is 3. The Bertz CT molecular complexity index is 3880. The van der Waals surface area contributed by atoms with Crippen molar-refractivity contribution in [3.63, 3.8) is 0 Å². The van der Waals surface area contributed by atoms with Crippen LogP contribution in [0.1, 0.15) is 58.2 Å². The second-order valence-corrected chi connectivity index (χ2v) is 21.9. The second-order valence-electron chi connectivity index (χ2n) is 21.9. The van der Waals surface area contributed by atoms with Crippen molar-refractivity contribution in [3.05, 3.63) is 229 Å². The van der Waals surface area contributed by atoms with Crippen molar-refractivity contribution < 1.29 is 4.74 Å². The topological polar surface area (TPSA) is 20.6 Å². The lowest BCUT2D eigenvalue weighted by atomic mass is 9.34. The molecule has 0 saturated carbocycles. The van der Waals surface area contributed by atoms with Crippen molar-refractivity contribution in [3.8, 4) is 28.3 Å². The van der Waals surface area contributed by atoms with E-state index in [1.165, 1.54) is 71.6 Å². The molecule has 11 aromatic rings. The van der Waals surface area contributed by atoms with E-state index in [1.54, 1.807) is 0 Å². The number of aryl methyl sites for hydroxylation is 1. The summed E-state index contributed by atoms with van der Waals surface area (Å²) in [7, 11) is 0. The van der Waals surface area contributed by atoms with Crippen LogP contribution in [0.15, 0.2) is 212 Å². The van der Waals surface area contributed by atoms with Crippen LogP contribution in [0.5, 0.6) is 11.5 Å². The molecule has 72 heavy (non-hydrogen) atoms. The molecule has 0 unspecified atom stereocenters. The third kappa shape index (κ3) is 7.05. The molecule has 13 rings (SSSR count). The molecule has 0 bridgehead atoms. The molecule has 0 fully saturated rings. The molecule has 0 N–H and O–H groups in total. The number of hydrogen-bond acceptors (Lipinski definition) is 3. The molecule has 0 spiro atoms. The highest BCUT2D eigenvalue weighted by Crippen LogP contribution is 2.48. The monoisotopic (exact) mass is 929 g/mol. The van der Waals surface area contributed by atoms with Gasteiger partial charge in [-0.15, -0.1) is 0 Å². The summed E-state index contributed by atoms with van der Waals surface area (Å²) in [6, 6.07) is 78.5. The van der Waals surface area contributed by atoms with Crippen molar-refractivity contribution in [1.29, 1.82) is 0 Å². The standard InChI is InChI=1S/C67H56BN3O/c1-43-26-28-44(29-27-43)54-39-46(66(2,3)4)32-37-58(54)71-59-24-17-25-62-64(59)68(56-36-31-47(40-61(56)71)67(5,6)7)57-42-60-55(41-63(57)72-62)53-34-30-45-38-51(33-35-52(45)65(53)70(60)50-22-15-10-16-23-50)69(48-18-11-8-12-19-48)49-20-13-9-14-21-49/h8-42H,1-7H3. The first-order chi connectivity index (χ1) is 34.9. The van der Waals surface area contributed by atoms with Gasteiger partial charge < -0.3 is 19.1 Å². The zero-order valence-corrected chi connectivity index (χ0v) is 42.0. The van der Waals surface area contributed by atoms with Gasteiger partial charge in [-0.05, 0) is 147 Å². The Morgan fingerprint density at radius 1 is 0.458 bits per heavy atom. The van der Waals surface area contributed by atoms with Crippen molar-refractivity contribution >= 4 is 89.8 Å². The highest BCUT2D eigenvalue weighted by Gasteiger charge is 2.43. The van der Waals surface area contributed by atoms with Gasteiger partial charge in [0, 0.05) is 55.8 Å². The molecule has 4 nitrogen and oxygen atoms in total. The van der Waals surface area contributed by atoms with Crippen LogP contribution < -0.4 is 30.9 Å². The van der Waals surface area contributed by atoms with Gasteiger partial charge in [0.25, 0.3) is 6.71 Å². The van der Waals surface area contributed by atoms with E-state index in [1.807, 2.05) is 0 Å². The quantitative estimate of drug-likeness (QED) is 0.155. The van der Waals surface area contributed by atoms with Gasteiger partial charge in [0.05, 0.1) is 16.7 Å². The maximum absolute atomic E-state index is 7.24. The van der Waals surface area contributed by atoms with Gasteiger partial charge in [0.1, 0.15) is 11.5 Å². The van der Waals surface area contributed by atoms with Crippen LogP contribution in [-0.4, -0.2) is 11.3 Å². The fourth-order valence-electron chi connectivity index (χ4n) is 11.5. The lowest BCUT2D eigenvalue weighted by Crippen LogP contribution is -2.59.